The van der Waals surface area contributed by atoms with Crippen molar-refractivity contribution in [2.45, 2.75) is 0 Å². The summed E-state index contributed by atoms with van der Waals surface area (Å²) in [5.74, 6) is -0.222. The number of nitrogen functional groups attached to an aromatic ring is 1. The van der Waals surface area contributed by atoms with Gasteiger partial charge in [-0.2, -0.15) is 0 Å². The van der Waals surface area contributed by atoms with E-state index in [2.05, 4.69) is 0 Å². The van der Waals surface area contributed by atoms with Crippen LogP contribution in [0.4, 0.5) is 10.1 Å². The first-order chi connectivity index (χ1) is 5.79. The van der Waals surface area contributed by atoms with Crippen LogP contribution in [0.5, 0.6) is 0 Å². The van der Waals surface area contributed by atoms with Crippen LogP contribution in [-0.4, -0.2) is 0 Å². The van der Waals surface area contributed by atoms with Crippen molar-refractivity contribution in [3.8, 4) is 0 Å². The van der Waals surface area contributed by atoms with Crippen molar-refractivity contribution >= 4 is 28.9 Å². The first-order valence-corrected chi connectivity index (χ1v) is 3.72. The molecule has 0 amide bonds. The summed E-state index contributed by atoms with van der Waals surface area (Å²) in [6.07, 6.45) is 0. The number of anilines is 1. The van der Waals surface area contributed by atoms with Crippen molar-refractivity contribution in [2.24, 2.45) is 0 Å². The van der Waals surface area contributed by atoms with Crippen LogP contribution in [0, 0.1) is 5.82 Å². The van der Waals surface area contributed by atoms with Gasteiger partial charge in [0, 0.05) is 16.5 Å². The predicted octanol–water partition coefficient (Wildman–Crippen LogP) is 2.98. The highest BCUT2D eigenvalue weighted by Crippen LogP contribution is 2.22. The highest BCUT2D eigenvalue weighted by atomic mass is 35.5. The van der Waals surface area contributed by atoms with Crippen LogP contribution < -0.4 is 5.73 Å². The van der Waals surface area contributed by atoms with E-state index in [-0.39, 0.29) is 18.2 Å². The molecule has 0 aliphatic rings. The van der Waals surface area contributed by atoms with Crippen LogP contribution in [0.2, 0.25) is 0 Å². The van der Waals surface area contributed by atoms with Gasteiger partial charge in [-0.25, -0.2) is 4.39 Å². The maximum Gasteiger partial charge on any atom is 0.131 e. The zero-order valence-corrected chi connectivity index (χ0v) is 7.64. The summed E-state index contributed by atoms with van der Waals surface area (Å²) in [6, 6.07) is 10.1. The number of nitrogens with two attached hydrogens (primary N) is 1. The van der Waals surface area contributed by atoms with Gasteiger partial charge in [0.15, 0.2) is 0 Å². The molecule has 0 radical (unpaired) electrons. The van der Waals surface area contributed by atoms with E-state index in [0.717, 1.165) is 5.39 Å². The van der Waals surface area contributed by atoms with Gasteiger partial charge in [0.1, 0.15) is 5.82 Å². The maximum atomic E-state index is 13.1. The summed E-state index contributed by atoms with van der Waals surface area (Å²) in [5.41, 5.74) is 6.28. The average Bonchev–Trinajstić information content (AvgIpc) is 2.07. The Hall–Kier alpha value is -1.28. The van der Waals surface area contributed by atoms with Crippen LogP contribution in [0.15, 0.2) is 36.4 Å². The third-order valence-electron chi connectivity index (χ3n) is 1.90. The lowest BCUT2D eigenvalue weighted by Crippen LogP contribution is -1.87. The lowest BCUT2D eigenvalue weighted by Gasteiger charge is -2.01. The molecular formula is C10H9ClFN. The lowest BCUT2D eigenvalue weighted by molar-refractivity contribution is 0.640. The SMILES string of the molecule is Cl.Nc1cccc2c(F)cccc12. The predicted molar refractivity (Wildman–Crippen MR) is 55.6 cm³/mol. The first-order valence-electron chi connectivity index (χ1n) is 3.72. The Kier molecular flexibility index (Phi) is 2.73. The van der Waals surface area contributed by atoms with Crippen LogP contribution in [0.3, 0.4) is 0 Å². The summed E-state index contributed by atoms with van der Waals surface area (Å²) in [5, 5.41) is 1.36. The summed E-state index contributed by atoms with van der Waals surface area (Å²) < 4.78 is 13.1. The normalized spacial score (nSPS) is 9.62. The van der Waals surface area contributed by atoms with Crippen molar-refractivity contribution in [1.29, 1.82) is 0 Å². The Labute approximate surface area is 81.8 Å². The summed E-state index contributed by atoms with van der Waals surface area (Å²) in [4.78, 5) is 0. The van der Waals surface area contributed by atoms with Gasteiger partial charge in [0.2, 0.25) is 0 Å². The Bertz CT molecular complexity index is 387. The molecule has 0 fully saturated rings. The lowest BCUT2D eigenvalue weighted by atomic mass is 10.1. The van der Waals surface area contributed by atoms with Gasteiger partial charge in [-0.15, -0.1) is 12.4 Å². The number of rotatable bonds is 0. The van der Waals surface area contributed by atoms with Crippen molar-refractivity contribution < 1.29 is 4.39 Å². The van der Waals surface area contributed by atoms with Crippen LogP contribution in [-0.2, 0) is 0 Å². The Morgan fingerprint density at radius 1 is 0.923 bits per heavy atom. The fraction of sp³-hybridized carbons (Fsp3) is 0. The Morgan fingerprint density at radius 3 is 2.23 bits per heavy atom. The molecule has 0 heterocycles. The molecule has 2 rings (SSSR count). The van der Waals surface area contributed by atoms with E-state index in [0.29, 0.717) is 11.1 Å². The molecule has 0 atom stereocenters. The Balaban J connectivity index is 0.000000845. The molecule has 1 nitrogen and oxygen atoms in total. The second-order valence-electron chi connectivity index (χ2n) is 2.68. The smallest absolute Gasteiger partial charge is 0.131 e. The number of hydrogen-bond donors (Lipinski definition) is 1. The fourth-order valence-electron chi connectivity index (χ4n) is 1.30. The molecule has 0 saturated heterocycles. The molecule has 3 heteroatoms. The van der Waals surface area contributed by atoms with Crippen LogP contribution in [0.25, 0.3) is 10.8 Å². The molecule has 0 aliphatic heterocycles. The molecule has 13 heavy (non-hydrogen) atoms. The zero-order chi connectivity index (χ0) is 8.55. The van der Waals surface area contributed by atoms with Crippen molar-refractivity contribution in [3.63, 3.8) is 0 Å². The van der Waals surface area contributed by atoms with E-state index in [1.54, 1.807) is 24.3 Å². The fourth-order valence-corrected chi connectivity index (χ4v) is 1.30. The van der Waals surface area contributed by atoms with Gasteiger partial charge >= 0.3 is 0 Å². The van der Waals surface area contributed by atoms with Gasteiger partial charge in [-0.1, -0.05) is 24.3 Å². The molecular weight excluding hydrogens is 189 g/mol. The van der Waals surface area contributed by atoms with Crippen molar-refractivity contribution in [2.75, 3.05) is 5.73 Å². The van der Waals surface area contributed by atoms with E-state index >= 15 is 0 Å². The van der Waals surface area contributed by atoms with Crippen molar-refractivity contribution in [1.82, 2.24) is 0 Å². The van der Waals surface area contributed by atoms with Crippen LogP contribution >= 0.6 is 12.4 Å². The number of benzene rings is 2. The van der Waals surface area contributed by atoms with E-state index in [9.17, 15) is 4.39 Å². The summed E-state index contributed by atoms with van der Waals surface area (Å²) >= 11 is 0. The third-order valence-corrected chi connectivity index (χ3v) is 1.90. The van der Waals surface area contributed by atoms with E-state index in [1.165, 1.54) is 6.07 Å². The molecule has 0 aliphatic carbocycles. The van der Waals surface area contributed by atoms with Crippen LogP contribution in [0.1, 0.15) is 0 Å². The quantitative estimate of drug-likeness (QED) is 0.646. The molecule has 68 valence electrons. The summed E-state index contributed by atoms with van der Waals surface area (Å²) in [7, 11) is 0. The van der Waals surface area contributed by atoms with Gasteiger partial charge in [-0.05, 0) is 12.1 Å². The number of fused-ring (bicyclic) bond motifs is 1. The monoisotopic (exact) mass is 197 g/mol. The van der Waals surface area contributed by atoms with Crippen molar-refractivity contribution in [3.05, 3.63) is 42.2 Å². The second-order valence-corrected chi connectivity index (χ2v) is 2.68. The minimum atomic E-state index is -0.222. The molecule has 0 unspecified atom stereocenters. The maximum absolute atomic E-state index is 13.1. The summed E-state index contributed by atoms with van der Waals surface area (Å²) in [6.45, 7) is 0. The molecule has 2 aromatic rings. The third kappa shape index (κ3) is 1.58. The minimum Gasteiger partial charge on any atom is -0.398 e. The van der Waals surface area contributed by atoms with Gasteiger partial charge in [-0.3, -0.25) is 0 Å². The van der Waals surface area contributed by atoms with E-state index < -0.39 is 0 Å². The standard InChI is InChI=1S/C10H8FN.ClH/c11-9-5-1-4-8-7(9)3-2-6-10(8)12;/h1-6H,12H2;1H. The minimum absolute atomic E-state index is 0. The highest BCUT2D eigenvalue weighted by molar-refractivity contribution is 5.93. The van der Waals surface area contributed by atoms with Gasteiger partial charge in [0.25, 0.3) is 0 Å². The largest absolute Gasteiger partial charge is 0.398 e. The number of hydrogen-bond acceptors (Lipinski definition) is 1. The molecule has 0 aromatic heterocycles. The molecule has 0 spiro atoms. The van der Waals surface area contributed by atoms with Gasteiger partial charge in [0.05, 0.1) is 0 Å². The highest BCUT2D eigenvalue weighted by Gasteiger charge is 2.00. The molecule has 0 bridgehead atoms. The second kappa shape index (κ2) is 3.62. The first kappa shape index (κ1) is 9.81. The topological polar surface area (TPSA) is 26.0 Å². The molecule has 0 saturated carbocycles. The average molecular weight is 198 g/mol. The number of halogens is 2. The molecule has 2 aromatic carbocycles. The molecule has 2 N–H and O–H groups in total. The van der Waals surface area contributed by atoms with E-state index in [1.807, 2.05) is 6.07 Å². The zero-order valence-electron chi connectivity index (χ0n) is 6.83. The Morgan fingerprint density at radius 2 is 1.54 bits per heavy atom. The van der Waals surface area contributed by atoms with E-state index in [4.69, 9.17) is 5.73 Å². The van der Waals surface area contributed by atoms with Gasteiger partial charge < -0.3 is 5.73 Å².